The summed E-state index contributed by atoms with van der Waals surface area (Å²) in [5.41, 5.74) is 2.63. The lowest BCUT2D eigenvalue weighted by molar-refractivity contribution is 0.0950. The Kier molecular flexibility index (Phi) is 3.53. The first kappa shape index (κ1) is 15.1. The zero-order valence-electron chi connectivity index (χ0n) is 13.5. The maximum absolute atomic E-state index is 12.4. The number of aromatic amines is 1. The molecule has 7 nitrogen and oxygen atoms in total. The second-order valence-corrected chi connectivity index (χ2v) is 5.74. The van der Waals surface area contributed by atoms with Crippen molar-refractivity contribution in [3.63, 3.8) is 0 Å². The van der Waals surface area contributed by atoms with Crippen LogP contribution in [0.3, 0.4) is 0 Å². The van der Waals surface area contributed by atoms with Crippen molar-refractivity contribution in [2.45, 2.75) is 6.54 Å². The molecule has 0 aliphatic heterocycles. The Morgan fingerprint density at radius 1 is 1.20 bits per heavy atom. The molecule has 2 N–H and O–H groups in total. The molecule has 0 radical (unpaired) electrons. The molecule has 4 aromatic rings. The number of imidazole rings is 1. The molecule has 0 aliphatic carbocycles. The molecule has 0 bridgehead atoms. The standard InChI is InChI=1S/C18H15N5O2/c1-23-18(25)13-5-3-2-4-12(13)16(22-23)9-19-17(24)11-6-7-14-15(8-11)21-10-20-14/h2-8,10H,9H2,1H3,(H,19,24)(H,20,21). The number of hydrogen-bond acceptors (Lipinski definition) is 4. The van der Waals surface area contributed by atoms with E-state index in [2.05, 4.69) is 20.4 Å². The van der Waals surface area contributed by atoms with Crippen LogP contribution >= 0.6 is 0 Å². The molecule has 0 spiro atoms. The largest absolute Gasteiger partial charge is 0.346 e. The number of fused-ring (bicyclic) bond motifs is 2. The first-order valence-corrected chi connectivity index (χ1v) is 7.80. The third kappa shape index (κ3) is 2.65. The fourth-order valence-corrected chi connectivity index (χ4v) is 2.85. The first-order valence-electron chi connectivity index (χ1n) is 7.80. The van der Waals surface area contributed by atoms with Crippen LogP contribution in [-0.4, -0.2) is 25.7 Å². The minimum atomic E-state index is -0.212. The highest BCUT2D eigenvalue weighted by Crippen LogP contribution is 2.14. The molecule has 2 aromatic heterocycles. The summed E-state index contributed by atoms with van der Waals surface area (Å²) in [6.45, 7) is 0.231. The number of H-pyrrole nitrogens is 1. The van der Waals surface area contributed by atoms with Gasteiger partial charge in [0.05, 0.1) is 35.0 Å². The Hall–Kier alpha value is -3.48. The molecule has 1 amide bonds. The van der Waals surface area contributed by atoms with Gasteiger partial charge in [-0.1, -0.05) is 18.2 Å². The van der Waals surface area contributed by atoms with Gasteiger partial charge >= 0.3 is 0 Å². The Labute approximate surface area is 142 Å². The second kappa shape index (κ2) is 5.86. The van der Waals surface area contributed by atoms with Gasteiger partial charge in [0.2, 0.25) is 0 Å². The highest BCUT2D eigenvalue weighted by molar-refractivity contribution is 5.97. The molecular weight excluding hydrogens is 318 g/mol. The van der Waals surface area contributed by atoms with Crippen molar-refractivity contribution in [2.75, 3.05) is 0 Å². The average Bonchev–Trinajstić information content (AvgIpc) is 3.11. The Morgan fingerprint density at radius 2 is 2.00 bits per heavy atom. The lowest BCUT2D eigenvalue weighted by atomic mass is 10.1. The van der Waals surface area contributed by atoms with E-state index < -0.39 is 0 Å². The summed E-state index contributed by atoms with van der Waals surface area (Å²) in [5.74, 6) is -0.212. The quantitative estimate of drug-likeness (QED) is 0.597. The summed E-state index contributed by atoms with van der Waals surface area (Å²) < 4.78 is 1.29. The monoisotopic (exact) mass is 333 g/mol. The number of nitrogens with zero attached hydrogens (tertiary/aromatic N) is 3. The van der Waals surface area contributed by atoms with Crippen molar-refractivity contribution in [3.8, 4) is 0 Å². The summed E-state index contributed by atoms with van der Waals surface area (Å²) in [7, 11) is 1.60. The lowest BCUT2D eigenvalue weighted by Gasteiger charge is -2.09. The molecule has 0 aliphatic rings. The van der Waals surface area contributed by atoms with E-state index in [4.69, 9.17) is 0 Å². The average molecular weight is 333 g/mol. The first-order chi connectivity index (χ1) is 12.1. The van der Waals surface area contributed by atoms with Gasteiger partial charge in [-0.15, -0.1) is 0 Å². The molecule has 7 heteroatoms. The summed E-state index contributed by atoms with van der Waals surface area (Å²) >= 11 is 0. The normalized spacial score (nSPS) is 11.1. The highest BCUT2D eigenvalue weighted by Gasteiger charge is 2.11. The molecule has 2 heterocycles. The van der Waals surface area contributed by atoms with Gasteiger partial charge in [0.25, 0.3) is 11.5 Å². The maximum atomic E-state index is 12.4. The third-order valence-corrected chi connectivity index (χ3v) is 4.13. The zero-order valence-corrected chi connectivity index (χ0v) is 13.5. The van der Waals surface area contributed by atoms with Crippen LogP contribution < -0.4 is 10.9 Å². The van der Waals surface area contributed by atoms with E-state index in [-0.39, 0.29) is 18.0 Å². The van der Waals surface area contributed by atoms with Crippen LogP contribution in [0.4, 0.5) is 0 Å². The molecule has 0 unspecified atom stereocenters. The number of carbonyl (C=O) groups is 1. The number of aromatic nitrogens is 4. The Balaban J connectivity index is 1.62. The molecule has 25 heavy (non-hydrogen) atoms. The number of hydrogen-bond donors (Lipinski definition) is 2. The van der Waals surface area contributed by atoms with Gasteiger partial charge in [0.15, 0.2) is 0 Å². The molecule has 4 rings (SSSR count). The smallest absolute Gasteiger partial charge is 0.274 e. The Bertz CT molecular complexity index is 1160. The summed E-state index contributed by atoms with van der Waals surface area (Å²) in [5, 5.41) is 8.47. The van der Waals surface area contributed by atoms with Crippen LogP contribution in [-0.2, 0) is 13.6 Å². The van der Waals surface area contributed by atoms with E-state index in [9.17, 15) is 9.59 Å². The predicted molar refractivity (Wildman–Crippen MR) is 94.2 cm³/mol. The zero-order chi connectivity index (χ0) is 17.4. The van der Waals surface area contributed by atoms with Gasteiger partial charge in [-0.3, -0.25) is 9.59 Å². The van der Waals surface area contributed by atoms with Crippen LogP contribution in [0, 0.1) is 0 Å². The van der Waals surface area contributed by atoms with Gasteiger partial charge in [-0.05, 0) is 24.3 Å². The van der Waals surface area contributed by atoms with Crippen molar-refractivity contribution in [1.29, 1.82) is 0 Å². The van der Waals surface area contributed by atoms with Crippen LogP contribution in [0.5, 0.6) is 0 Å². The Morgan fingerprint density at radius 3 is 2.84 bits per heavy atom. The summed E-state index contributed by atoms with van der Waals surface area (Å²) in [6.07, 6.45) is 1.59. The molecule has 0 atom stereocenters. The van der Waals surface area contributed by atoms with Gasteiger partial charge in [-0.2, -0.15) is 5.10 Å². The number of benzene rings is 2. The van der Waals surface area contributed by atoms with E-state index in [1.165, 1.54) is 4.68 Å². The van der Waals surface area contributed by atoms with Crippen LogP contribution in [0.15, 0.2) is 53.6 Å². The minimum Gasteiger partial charge on any atom is -0.346 e. The lowest BCUT2D eigenvalue weighted by Crippen LogP contribution is -2.27. The van der Waals surface area contributed by atoms with Crippen molar-refractivity contribution in [2.24, 2.45) is 7.05 Å². The van der Waals surface area contributed by atoms with E-state index in [1.807, 2.05) is 18.2 Å². The van der Waals surface area contributed by atoms with E-state index in [1.54, 1.807) is 37.6 Å². The van der Waals surface area contributed by atoms with E-state index in [0.29, 0.717) is 16.6 Å². The van der Waals surface area contributed by atoms with Crippen LogP contribution in [0.1, 0.15) is 16.1 Å². The van der Waals surface area contributed by atoms with Crippen molar-refractivity contribution in [3.05, 3.63) is 70.4 Å². The number of carbonyl (C=O) groups excluding carboxylic acids is 1. The fourth-order valence-electron chi connectivity index (χ4n) is 2.85. The molecule has 0 saturated heterocycles. The molecule has 2 aromatic carbocycles. The number of rotatable bonds is 3. The topological polar surface area (TPSA) is 92.7 Å². The third-order valence-electron chi connectivity index (χ3n) is 4.13. The van der Waals surface area contributed by atoms with Crippen LogP contribution in [0.25, 0.3) is 21.8 Å². The van der Waals surface area contributed by atoms with Crippen molar-refractivity contribution >= 4 is 27.7 Å². The molecule has 124 valence electrons. The van der Waals surface area contributed by atoms with Gasteiger partial charge in [-0.25, -0.2) is 9.67 Å². The highest BCUT2D eigenvalue weighted by atomic mass is 16.1. The molecule has 0 fully saturated rings. The minimum absolute atomic E-state index is 0.157. The number of nitrogens with one attached hydrogen (secondary N) is 2. The fraction of sp³-hybridized carbons (Fsp3) is 0.111. The van der Waals surface area contributed by atoms with E-state index in [0.717, 1.165) is 16.4 Å². The summed E-state index contributed by atoms with van der Waals surface area (Å²) in [6, 6.07) is 12.5. The maximum Gasteiger partial charge on any atom is 0.274 e. The number of amides is 1. The number of aryl methyl sites for hydroxylation is 1. The van der Waals surface area contributed by atoms with Crippen LogP contribution in [0.2, 0.25) is 0 Å². The second-order valence-electron chi connectivity index (χ2n) is 5.74. The van der Waals surface area contributed by atoms with Gasteiger partial charge in [0, 0.05) is 18.0 Å². The van der Waals surface area contributed by atoms with Gasteiger partial charge in [0.1, 0.15) is 0 Å². The SMILES string of the molecule is Cn1nc(CNC(=O)c2ccc3nc[nH]c3c2)c2ccccc2c1=O. The van der Waals surface area contributed by atoms with Gasteiger partial charge < -0.3 is 10.3 Å². The van der Waals surface area contributed by atoms with Crippen molar-refractivity contribution in [1.82, 2.24) is 25.1 Å². The molecule has 0 saturated carbocycles. The summed E-state index contributed by atoms with van der Waals surface area (Å²) in [4.78, 5) is 31.7. The van der Waals surface area contributed by atoms with E-state index >= 15 is 0 Å². The van der Waals surface area contributed by atoms with Crippen molar-refractivity contribution < 1.29 is 4.79 Å². The molecular formula is C18H15N5O2. The predicted octanol–water partition coefficient (Wildman–Crippen LogP) is 1.74.